The summed E-state index contributed by atoms with van der Waals surface area (Å²) in [4.78, 5) is 26.9. The number of hydrogen-bond donors (Lipinski definition) is 1. The molecule has 32 heavy (non-hydrogen) atoms. The van der Waals surface area contributed by atoms with Crippen molar-refractivity contribution in [3.05, 3.63) is 83.1 Å². The molecule has 1 unspecified atom stereocenters. The smallest absolute Gasteiger partial charge is 0.267 e. The highest BCUT2D eigenvalue weighted by Crippen LogP contribution is 2.36. The van der Waals surface area contributed by atoms with Crippen LogP contribution in [-0.4, -0.2) is 31.1 Å². The molecule has 1 aliphatic rings. The van der Waals surface area contributed by atoms with Gasteiger partial charge in [0.25, 0.3) is 11.8 Å². The number of benzene rings is 3. The summed E-state index contributed by atoms with van der Waals surface area (Å²) in [6.07, 6.45) is -0.656. The number of para-hydroxylation sites is 1. The van der Waals surface area contributed by atoms with Gasteiger partial charge in [0.15, 0.2) is 6.10 Å². The molecule has 1 aliphatic heterocycles. The molecule has 1 heterocycles. The van der Waals surface area contributed by atoms with Crippen LogP contribution in [0.5, 0.6) is 11.5 Å². The molecule has 0 spiro atoms. The van der Waals surface area contributed by atoms with Crippen LogP contribution in [0.3, 0.4) is 0 Å². The molecule has 0 saturated heterocycles. The predicted octanol–water partition coefficient (Wildman–Crippen LogP) is 4.92. The molecule has 1 atom stereocenters. The fourth-order valence-corrected chi connectivity index (χ4v) is 3.64. The van der Waals surface area contributed by atoms with Crippen LogP contribution in [0.15, 0.2) is 66.7 Å². The Morgan fingerprint density at radius 1 is 1.16 bits per heavy atom. The van der Waals surface area contributed by atoms with Crippen LogP contribution in [0.4, 0.5) is 15.8 Å². The zero-order valence-corrected chi connectivity index (χ0v) is 17.9. The first kappa shape index (κ1) is 21.6. The zero-order valence-electron chi connectivity index (χ0n) is 17.2. The standard InChI is InChI=1S/C24H20ClFN2O4/c1-15-24(30)28(12-13-31-17-6-3-2-4-7-17)20-14-16(10-11-21(20)32-15)27-23(29)22-18(25)8-5-9-19(22)26/h2-11,14-15H,12-13H2,1H3,(H,27,29). The molecule has 3 aromatic carbocycles. The molecule has 8 heteroatoms. The van der Waals surface area contributed by atoms with Crippen molar-refractivity contribution in [3.63, 3.8) is 0 Å². The van der Waals surface area contributed by atoms with Gasteiger partial charge in [0, 0.05) is 5.69 Å². The number of nitrogens with zero attached hydrogens (tertiary/aromatic N) is 1. The van der Waals surface area contributed by atoms with E-state index < -0.39 is 17.8 Å². The maximum Gasteiger partial charge on any atom is 0.267 e. The Morgan fingerprint density at radius 3 is 2.69 bits per heavy atom. The van der Waals surface area contributed by atoms with Crippen LogP contribution in [0.25, 0.3) is 0 Å². The first-order valence-corrected chi connectivity index (χ1v) is 10.4. The number of fused-ring (bicyclic) bond motifs is 1. The van der Waals surface area contributed by atoms with E-state index in [1.165, 1.54) is 12.1 Å². The molecule has 164 valence electrons. The van der Waals surface area contributed by atoms with Crippen LogP contribution < -0.4 is 19.7 Å². The number of ether oxygens (including phenoxy) is 2. The molecule has 0 aliphatic carbocycles. The molecule has 4 rings (SSSR count). The summed E-state index contributed by atoms with van der Waals surface area (Å²) < 4.78 is 25.5. The monoisotopic (exact) mass is 454 g/mol. The van der Waals surface area contributed by atoms with Gasteiger partial charge < -0.3 is 19.7 Å². The summed E-state index contributed by atoms with van der Waals surface area (Å²) in [6.45, 7) is 2.22. The van der Waals surface area contributed by atoms with Crippen LogP contribution in [0.2, 0.25) is 5.02 Å². The van der Waals surface area contributed by atoms with E-state index in [1.807, 2.05) is 30.3 Å². The highest BCUT2D eigenvalue weighted by molar-refractivity contribution is 6.34. The number of carbonyl (C=O) groups excluding carboxylic acids is 2. The maximum absolute atomic E-state index is 14.1. The molecule has 2 amide bonds. The predicted molar refractivity (Wildman–Crippen MR) is 120 cm³/mol. The number of carbonyl (C=O) groups is 2. The second-order valence-corrected chi connectivity index (χ2v) is 7.55. The number of halogens is 2. The van der Waals surface area contributed by atoms with E-state index in [-0.39, 0.29) is 29.6 Å². The van der Waals surface area contributed by atoms with Gasteiger partial charge in [-0.25, -0.2) is 4.39 Å². The van der Waals surface area contributed by atoms with Gasteiger partial charge in [-0.3, -0.25) is 9.59 Å². The SMILES string of the molecule is CC1Oc2ccc(NC(=O)c3c(F)cccc3Cl)cc2N(CCOc2ccccc2)C1=O. The molecular weight excluding hydrogens is 435 g/mol. The van der Waals surface area contributed by atoms with Gasteiger partial charge in [-0.15, -0.1) is 0 Å². The Morgan fingerprint density at radius 2 is 1.94 bits per heavy atom. The molecule has 0 radical (unpaired) electrons. The summed E-state index contributed by atoms with van der Waals surface area (Å²) in [6, 6.07) is 18.2. The molecule has 1 N–H and O–H groups in total. The first-order chi connectivity index (χ1) is 15.4. The topological polar surface area (TPSA) is 67.9 Å². The van der Waals surface area contributed by atoms with Gasteiger partial charge in [-0.1, -0.05) is 35.9 Å². The number of rotatable bonds is 6. The fourth-order valence-electron chi connectivity index (χ4n) is 3.40. The first-order valence-electron chi connectivity index (χ1n) is 9.99. The van der Waals surface area contributed by atoms with Crippen molar-refractivity contribution >= 4 is 34.8 Å². The van der Waals surface area contributed by atoms with E-state index >= 15 is 0 Å². The van der Waals surface area contributed by atoms with E-state index in [9.17, 15) is 14.0 Å². The van der Waals surface area contributed by atoms with Gasteiger partial charge in [0.05, 0.1) is 22.8 Å². The van der Waals surface area contributed by atoms with E-state index in [2.05, 4.69) is 5.32 Å². The lowest BCUT2D eigenvalue weighted by atomic mass is 10.1. The Balaban J connectivity index is 1.54. The van der Waals surface area contributed by atoms with Crippen molar-refractivity contribution in [2.24, 2.45) is 0 Å². The number of hydrogen-bond acceptors (Lipinski definition) is 4. The third-order valence-corrected chi connectivity index (χ3v) is 5.26. The lowest BCUT2D eigenvalue weighted by Crippen LogP contribution is -2.46. The van der Waals surface area contributed by atoms with Gasteiger partial charge in [-0.2, -0.15) is 0 Å². The maximum atomic E-state index is 14.1. The second kappa shape index (κ2) is 9.28. The lowest BCUT2D eigenvalue weighted by molar-refractivity contribution is -0.125. The van der Waals surface area contributed by atoms with E-state index in [0.29, 0.717) is 22.9 Å². The van der Waals surface area contributed by atoms with Gasteiger partial charge in [-0.05, 0) is 49.4 Å². The molecule has 0 aromatic heterocycles. The highest BCUT2D eigenvalue weighted by Gasteiger charge is 2.31. The van der Waals surface area contributed by atoms with Crippen LogP contribution in [0, 0.1) is 5.82 Å². The third-order valence-electron chi connectivity index (χ3n) is 4.94. The summed E-state index contributed by atoms with van der Waals surface area (Å²) >= 11 is 5.98. The van der Waals surface area contributed by atoms with Crippen molar-refractivity contribution in [1.29, 1.82) is 0 Å². The summed E-state index contributed by atoms with van der Waals surface area (Å²) in [5.41, 5.74) is 0.608. The van der Waals surface area contributed by atoms with E-state index in [1.54, 1.807) is 30.0 Å². The average Bonchev–Trinajstić information content (AvgIpc) is 2.77. The van der Waals surface area contributed by atoms with Crippen molar-refractivity contribution in [1.82, 2.24) is 0 Å². The second-order valence-electron chi connectivity index (χ2n) is 7.14. The molecule has 0 bridgehead atoms. The number of anilines is 2. The van der Waals surface area contributed by atoms with Gasteiger partial charge in [0.2, 0.25) is 0 Å². The lowest BCUT2D eigenvalue weighted by Gasteiger charge is -2.33. The average molecular weight is 455 g/mol. The van der Waals surface area contributed by atoms with Crippen molar-refractivity contribution in [3.8, 4) is 11.5 Å². The Bertz CT molecular complexity index is 1140. The Labute approximate surface area is 189 Å². The highest BCUT2D eigenvalue weighted by atomic mass is 35.5. The van der Waals surface area contributed by atoms with Gasteiger partial charge in [0.1, 0.15) is 23.9 Å². The summed E-state index contributed by atoms with van der Waals surface area (Å²) in [5.74, 6) is -0.443. The molecule has 0 saturated carbocycles. The molecular formula is C24H20ClFN2O4. The summed E-state index contributed by atoms with van der Waals surface area (Å²) in [7, 11) is 0. The minimum Gasteiger partial charge on any atom is -0.492 e. The van der Waals surface area contributed by atoms with Crippen molar-refractivity contribution < 1.29 is 23.5 Å². The van der Waals surface area contributed by atoms with E-state index in [4.69, 9.17) is 21.1 Å². The molecule has 3 aromatic rings. The van der Waals surface area contributed by atoms with Crippen LogP contribution in [0.1, 0.15) is 17.3 Å². The fraction of sp³-hybridized carbons (Fsp3) is 0.167. The van der Waals surface area contributed by atoms with E-state index in [0.717, 1.165) is 6.07 Å². The minimum absolute atomic E-state index is 0.00693. The van der Waals surface area contributed by atoms with Crippen LogP contribution in [-0.2, 0) is 4.79 Å². The largest absolute Gasteiger partial charge is 0.492 e. The number of nitrogens with one attached hydrogen (secondary N) is 1. The van der Waals surface area contributed by atoms with Crippen LogP contribution >= 0.6 is 11.6 Å². The zero-order chi connectivity index (χ0) is 22.7. The molecule has 6 nitrogen and oxygen atoms in total. The summed E-state index contributed by atoms with van der Waals surface area (Å²) in [5, 5.41) is 2.64. The Hall–Kier alpha value is -3.58. The van der Waals surface area contributed by atoms with Crippen molar-refractivity contribution in [2.45, 2.75) is 13.0 Å². The quantitative estimate of drug-likeness (QED) is 0.573. The van der Waals surface area contributed by atoms with Crippen molar-refractivity contribution in [2.75, 3.05) is 23.4 Å². The van der Waals surface area contributed by atoms with Gasteiger partial charge >= 0.3 is 0 Å². The Kier molecular flexibility index (Phi) is 6.28. The third kappa shape index (κ3) is 4.53. The normalized spacial score (nSPS) is 15.0. The number of amides is 2. The molecule has 0 fully saturated rings. The minimum atomic E-state index is -0.722.